The highest BCUT2D eigenvalue weighted by atomic mass is 127. The molecule has 4 rings (SSSR count). The molecule has 0 amide bonds. The first-order valence-corrected chi connectivity index (χ1v) is 43.2. The number of halogens is 4. The summed E-state index contributed by atoms with van der Waals surface area (Å²) in [5.41, 5.74) is 14.0. The Morgan fingerprint density at radius 1 is 0.571 bits per heavy atom. The summed E-state index contributed by atoms with van der Waals surface area (Å²) in [5, 5.41) is 9.19. The summed E-state index contributed by atoms with van der Waals surface area (Å²) < 4.78 is 72.6. The maximum Gasteiger partial charge on any atom is 0.338 e. The third kappa shape index (κ3) is 44.4. The fourth-order valence-corrected chi connectivity index (χ4v) is 12.4. The second-order valence-electron chi connectivity index (χ2n) is 27.6. The first-order valence-electron chi connectivity index (χ1n) is 30.6. The summed E-state index contributed by atoms with van der Waals surface area (Å²) >= 11 is 13.9. The molecule has 29 heteroatoms. The Kier molecular flexibility index (Phi) is 65.1. The van der Waals surface area contributed by atoms with Crippen molar-refractivity contribution in [3.05, 3.63) is 135 Å². The van der Waals surface area contributed by atoms with Gasteiger partial charge in [0, 0.05) is 25.1 Å². The van der Waals surface area contributed by atoms with Crippen molar-refractivity contribution in [2.24, 2.45) is 10.1 Å². The van der Waals surface area contributed by atoms with Crippen LogP contribution in [0.25, 0.3) is 0 Å². The molecule has 0 radical (unpaired) electrons. The first-order chi connectivity index (χ1) is 41.5. The maximum absolute atomic E-state index is 12.8. The highest BCUT2D eigenvalue weighted by Crippen LogP contribution is 2.39. The number of carbonyl (C=O) groups is 2. The molecule has 5 N–H and O–H groups in total. The molecule has 0 aliphatic rings. The summed E-state index contributed by atoms with van der Waals surface area (Å²) in [7, 11) is -7.32. The zero-order valence-corrected chi connectivity index (χ0v) is 79.4. The number of ether oxygens (including phenoxy) is 2. The van der Waals surface area contributed by atoms with E-state index < -0.39 is 60.4 Å². The van der Waals surface area contributed by atoms with Crippen LogP contribution in [0.1, 0.15) is 216 Å². The highest BCUT2D eigenvalue weighted by Gasteiger charge is 2.40. The lowest BCUT2D eigenvalue weighted by Crippen LogP contribution is -2.44. The molecule has 14 nitrogen and oxygen atoms in total. The molecular weight excluding hydrogens is 1710 g/mol. The Bertz CT molecular complexity index is 3010. The largest absolute Gasteiger partial charge is 0.462 e. The minimum atomic E-state index is -1.97. The van der Waals surface area contributed by atoms with Gasteiger partial charge in [0.15, 0.2) is 16.6 Å². The molecule has 0 saturated carbocycles. The first kappa shape index (κ1) is 117. The van der Waals surface area contributed by atoms with Crippen molar-refractivity contribution in [3.63, 3.8) is 0 Å². The van der Waals surface area contributed by atoms with Crippen LogP contribution < -0.4 is 15.2 Å². The number of nitrogens with two attached hydrogens (primary N) is 1. The van der Waals surface area contributed by atoms with Gasteiger partial charge >= 0.3 is 11.9 Å². The Morgan fingerprint density at radius 3 is 1.15 bits per heavy atom. The summed E-state index contributed by atoms with van der Waals surface area (Å²) in [6.07, 6.45) is 4.02. The number of rotatable bonds is 20. The van der Waals surface area contributed by atoms with Gasteiger partial charge in [-0.3, -0.25) is 0 Å². The van der Waals surface area contributed by atoms with Crippen LogP contribution in [0.3, 0.4) is 0 Å². The molecule has 0 aliphatic carbocycles. The smallest absolute Gasteiger partial charge is 0.338 e. The molecule has 4 aromatic rings. The zero-order valence-electron chi connectivity index (χ0n) is 62.9. The Labute approximate surface area is 682 Å². The third-order valence-electron chi connectivity index (χ3n) is 14.6. The van der Waals surface area contributed by atoms with Gasteiger partial charge in [0.1, 0.15) is 11.0 Å². The number of alkyl halides is 1. The molecular formula is C69H130Br2ClIN4O10S9Si2. The Hall–Kier alpha value is 0.214. The minimum absolute atomic E-state index is 0. The van der Waals surface area contributed by atoms with Crippen molar-refractivity contribution < 1.29 is 45.6 Å². The summed E-state index contributed by atoms with van der Waals surface area (Å²) in [5.74, 6) is -0.669. The van der Waals surface area contributed by atoms with E-state index in [1.54, 1.807) is 44.3 Å². The number of hydrogen-bond acceptors (Lipinski definition) is 11. The average Bonchev–Trinajstić information content (AvgIpc) is 0.829. The zero-order chi connectivity index (χ0) is 71.4. The van der Waals surface area contributed by atoms with Crippen LogP contribution in [0, 0.1) is 31.3 Å². The van der Waals surface area contributed by atoms with Crippen LogP contribution in [-0.4, -0.2) is 106 Å². The number of aryl methyl sites for hydroxylation is 4. The molecule has 0 unspecified atom stereocenters. The van der Waals surface area contributed by atoms with E-state index in [2.05, 4.69) is 192 Å². The average molecular weight is 1840 g/mol. The van der Waals surface area contributed by atoms with Crippen molar-refractivity contribution in [1.82, 2.24) is 9.44 Å². The quantitative estimate of drug-likeness (QED) is 0.0215. The SMILES string of the molecule is C.CCC=N[S@@](=O)C(C)(C)C.CCOC(=O)c1ccc([C@@H](CO[Si](C)(C)C(C)(C)C)N[S@@](=O)C(C)(C)C)c(C)c1.CCOC(=O)c1ccc([C@H](N)CO)c(C)c1.CCl.Cc1cc(Br)ccc1I.Cc1cc(Br)ccc1[C@@H](CO[Si](C)(C)C(C)(C)C)N[S@@](=O)C(C)(C)C.S.S.S.S.S.S. The minimum Gasteiger partial charge on any atom is -0.462 e. The molecule has 4 aromatic carbocycles. The van der Waals surface area contributed by atoms with Crippen molar-refractivity contribution >= 4 is 215 Å². The summed E-state index contributed by atoms with van der Waals surface area (Å²) in [6, 6.07) is 22.4. The van der Waals surface area contributed by atoms with E-state index >= 15 is 0 Å². The van der Waals surface area contributed by atoms with Gasteiger partial charge in [-0.05, 0) is 263 Å². The van der Waals surface area contributed by atoms with Crippen molar-refractivity contribution in [1.29, 1.82) is 0 Å². The molecule has 0 spiro atoms. The molecule has 98 heavy (non-hydrogen) atoms. The van der Waals surface area contributed by atoms with Crippen LogP contribution in [-0.2, 0) is 51.3 Å². The van der Waals surface area contributed by atoms with Gasteiger partial charge in [-0.15, -0.1) is 11.6 Å². The number of aliphatic hydroxyl groups is 1. The lowest BCUT2D eigenvalue weighted by molar-refractivity contribution is 0.0516. The van der Waals surface area contributed by atoms with Gasteiger partial charge in [0.2, 0.25) is 0 Å². The van der Waals surface area contributed by atoms with Gasteiger partial charge in [-0.2, -0.15) is 85.4 Å². The molecule has 0 heterocycles. The molecule has 0 bridgehead atoms. The highest BCUT2D eigenvalue weighted by molar-refractivity contribution is 14.1. The van der Waals surface area contributed by atoms with Gasteiger partial charge in [0.25, 0.3) is 0 Å². The molecule has 0 aromatic heterocycles. The normalized spacial score (nSPS) is 13.1. The van der Waals surface area contributed by atoms with E-state index in [0.717, 1.165) is 48.7 Å². The van der Waals surface area contributed by atoms with E-state index in [0.29, 0.717) is 37.6 Å². The monoisotopic (exact) mass is 1840 g/mol. The van der Waals surface area contributed by atoms with Crippen LogP contribution in [0.15, 0.2) is 86.1 Å². The number of nitrogens with zero attached hydrogens (tertiary/aromatic N) is 1. The van der Waals surface area contributed by atoms with Crippen molar-refractivity contribution in [2.75, 3.05) is 39.4 Å². The summed E-state index contributed by atoms with van der Waals surface area (Å²) in [4.78, 5) is 23.5. The topological polar surface area (TPSA) is 205 Å². The van der Waals surface area contributed by atoms with Crippen molar-refractivity contribution in [3.8, 4) is 0 Å². The van der Waals surface area contributed by atoms with Gasteiger partial charge in [-0.1, -0.05) is 106 Å². The van der Waals surface area contributed by atoms with E-state index in [-0.39, 0.29) is 139 Å². The maximum atomic E-state index is 12.8. The lowest BCUT2D eigenvalue weighted by atomic mass is 10.00. The number of nitrogens with one attached hydrogen (secondary N) is 2. The molecule has 0 fully saturated rings. The third-order valence-corrected chi connectivity index (χ3v) is 30.4. The standard InChI is InChI=1S/C22H39NO4SSi.C19H34BrNO2SSi.C12H17NO3.C7H6BrI.C7H15NOS.CH3Cl.CH4.6H2S/c1-11-26-20(24)17-12-13-18(16(2)14-17)19(23-28(25)21(3,4)5)15-27-29(9,10)22(6,7)8;1-14-12-15(20)10-11-16(14)17(21-24(22)18(2,3)4)13-23-25(8,9)19(5,6)7;1-3-16-12(15)9-4-5-10(8(2)6-9)11(13)7-14;1-5-4-6(8)2-3-7(5)9;1-5-6-8-10(9)7(2,3)4;1-2;;;;;;;/h12-14,19,23H,11,15H2,1-10H3;10-12,17,21H,13H2,1-9H3;4-6,11,14H,3,7,13H2,1-2H3;2-4H,1H3;6H,5H2,1-4H3;1H3;1H4;6*1H2/t19-,28+;17-,24+;11-;;10-;;;;;;;;/m111.0......../s1. The fourth-order valence-electron chi connectivity index (χ4n) is 6.88. The fraction of sp³-hybridized carbons (Fsp3) is 0.609. The lowest BCUT2D eigenvalue weighted by Gasteiger charge is -2.37. The van der Waals surface area contributed by atoms with Crippen LogP contribution in [0.4, 0.5) is 0 Å². The van der Waals surface area contributed by atoms with Crippen LogP contribution in [0.2, 0.25) is 36.3 Å². The second kappa shape index (κ2) is 54.7. The molecule has 576 valence electrons. The van der Waals surface area contributed by atoms with E-state index in [1.165, 1.54) is 15.5 Å². The predicted octanol–water partition coefficient (Wildman–Crippen LogP) is 19.8. The molecule has 0 saturated heterocycles. The number of aliphatic hydroxyl groups excluding tert-OH is 1. The van der Waals surface area contributed by atoms with E-state index in [4.69, 9.17) is 29.2 Å². The van der Waals surface area contributed by atoms with E-state index in [1.807, 2.05) is 101 Å². The van der Waals surface area contributed by atoms with Gasteiger partial charge in [-0.25, -0.2) is 31.7 Å². The van der Waals surface area contributed by atoms with Crippen LogP contribution in [0.5, 0.6) is 0 Å². The second-order valence-corrected chi connectivity index (χ2v) is 46.1. The predicted molar refractivity (Wildman–Crippen MR) is 480 cm³/mol. The number of esters is 2. The van der Waals surface area contributed by atoms with E-state index in [9.17, 15) is 22.2 Å². The summed E-state index contributed by atoms with van der Waals surface area (Å²) in [6.45, 7) is 54.8. The molecule has 0 aliphatic heterocycles. The number of hydrogen-bond donors (Lipinski definition) is 4. The van der Waals surface area contributed by atoms with Gasteiger partial charge in [0.05, 0.1) is 98.5 Å². The number of benzene rings is 4. The Balaban J connectivity index is -0.000000149. The van der Waals surface area contributed by atoms with Crippen molar-refractivity contribution in [2.45, 2.75) is 235 Å². The Morgan fingerprint density at radius 2 is 0.888 bits per heavy atom. The van der Waals surface area contributed by atoms with Crippen LogP contribution >= 0.6 is 147 Å². The van der Waals surface area contributed by atoms with Gasteiger partial charge < -0.3 is 29.2 Å². The molecule has 6 atom stereocenters. The number of carbonyl (C=O) groups excluding carboxylic acids is 2.